The van der Waals surface area contributed by atoms with Crippen molar-refractivity contribution in [1.29, 1.82) is 0 Å². The maximum atomic E-state index is 12.6. The first-order valence-electron chi connectivity index (χ1n) is 7.47. The van der Waals surface area contributed by atoms with Crippen LogP contribution in [0.15, 0.2) is 24.3 Å². The Bertz CT molecular complexity index is 554. The van der Waals surface area contributed by atoms with Crippen molar-refractivity contribution in [2.45, 2.75) is 39.0 Å². The van der Waals surface area contributed by atoms with Gasteiger partial charge in [-0.3, -0.25) is 0 Å². The molecule has 1 aromatic carbocycles. The molecule has 1 heterocycles. The molecule has 1 aliphatic heterocycles. The van der Waals surface area contributed by atoms with Crippen molar-refractivity contribution >= 4 is 32.4 Å². The number of hydrogen-bond donors (Lipinski definition) is 0. The average Bonchev–Trinajstić information content (AvgIpc) is 2.74. The van der Waals surface area contributed by atoms with Gasteiger partial charge in [-0.25, -0.2) is 0 Å². The zero-order chi connectivity index (χ0) is 14.8. The summed E-state index contributed by atoms with van der Waals surface area (Å²) >= 11 is -2.35. The summed E-state index contributed by atoms with van der Waals surface area (Å²) in [5.74, 6) is 0.341. The van der Waals surface area contributed by atoms with E-state index in [0.717, 1.165) is 15.7 Å². The Morgan fingerprint density at radius 3 is 2.71 bits per heavy atom. The molecular weight excluding hydrogens is 381 g/mol. The molecule has 1 fully saturated rings. The molecule has 0 spiro atoms. The third kappa shape index (κ3) is 3.07. The van der Waals surface area contributed by atoms with Crippen LogP contribution in [0.1, 0.15) is 49.4 Å². The van der Waals surface area contributed by atoms with Crippen molar-refractivity contribution in [2.75, 3.05) is 6.54 Å². The molecule has 114 valence electrons. The van der Waals surface area contributed by atoms with Crippen LogP contribution in [0.5, 0.6) is 0 Å². The van der Waals surface area contributed by atoms with Gasteiger partial charge in [-0.15, -0.1) is 0 Å². The summed E-state index contributed by atoms with van der Waals surface area (Å²) in [5, 5.41) is 0. The van der Waals surface area contributed by atoms with Crippen LogP contribution < -0.4 is 0 Å². The van der Waals surface area contributed by atoms with Crippen LogP contribution >= 0.6 is 20.5 Å². The van der Waals surface area contributed by atoms with Gasteiger partial charge in [0.15, 0.2) is 0 Å². The first kappa shape index (κ1) is 14.8. The van der Waals surface area contributed by atoms with Gasteiger partial charge < -0.3 is 0 Å². The Balaban J connectivity index is 1.84. The molecule has 1 aliphatic carbocycles. The predicted octanol–water partition coefficient (Wildman–Crippen LogP) is 3.79. The molecule has 0 atom stereocenters. The Morgan fingerprint density at radius 2 is 2.00 bits per heavy atom. The van der Waals surface area contributed by atoms with Crippen LogP contribution in [0.4, 0.5) is 0 Å². The Morgan fingerprint density at radius 1 is 1.29 bits per heavy atom. The molecule has 1 aromatic rings. The van der Waals surface area contributed by atoms with E-state index in [-0.39, 0.29) is 11.9 Å². The maximum absolute atomic E-state index is 12.6. The van der Waals surface area contributed by atoms with Crippen molar-refractivity contribution < 1.29 is 12.7 Å². The zero-order valence-electron chi connectivity index (χ0n) is 12.2. The molecule has 1 amide bonds. The van der Waals surface area contributed by atoms with Crippen LogP contribution in [0.25, 0.3) is 0 Å². The minimum atomic E-state index is -2.35. The van der Waals surface area contributed by atoms with E-state index < -0.39 is 20.5 Å². The van der Waals surface area contributed by atoms with Gasteiger partial charge in [-0.1, -0.05) is 0 Å². The summed E-state index contributed by atoms with van der Waals surface area (Å²) in [6.07, 6.45) is 6.17. The van der Waals surface area contributed by atoms with Crippen LogP contribution in [0, 0.1) is 9.49 Å². The molecule has 0 saturated heterocycles. The van der Waals surface area contributed by atoms with Crippen LogP contribution in [-0.2, 0) is 7.86 Å². The molecule has 0 radical (unpaired) electrons. The second kappa shape index (κ2) is 6.34. The summed E-state index contributed by atoms with van der Waals surface area (Å²) in [6.45, 7) is 2.19. The molecule has 0 aromatic heterocycles. The molecule has 4 nitrogen and oxygen atoms in total. The average molecular weight is 401 g/mol. The van der Waals surface area contributed by atoms with E-state index in [4.69, 9.17) is 3.07 Å². The molecule has 3 rings (SSSR count). The van der Waals surface area contributed by atoms with Crippen molar-refractivity contribution in [2.24, 2.45) is 5.92 Å². The van der Waals surface area contributed by atoms with Gasteiger partial charge in [0, 0.05) is 0 Å². The number of rotatable bonds is 3. The summed E-state index contributed by atoms with van der Waals surface area (Å²) in [4.78, 5) is 24.1. The van der Waals surface area contributed by atoms with Crippen molar-refractivity contribution in [3.63, 3.8) is 0 Å². The van der Waals surface area contributed by atoms with Gasteiger partial charge in [-0.05, 0) is 0 Å². The molecular formula is C16H20INO3. The van der Waals surface area contributed by atoms with Crippen LogP contribution in [0.3, 0.4) is 0 Å². The number of fused-ring (bicyclic) bond motifs is 1. The fourth-order valence-electron chi connectivity index (χ4n) is 3.01. The summed E-state index contributed by atoms with van der Waals surface area (Å²) in [5.41, 5.74) is 0.736. The fraction of sp³-hybridized carbons (Fsp3) is 0.500. The van der Waals surface area contributed by atoms with Crippen molar-refractivity contribution in [1.82, 2.24) is 3.11 Å². The number of halogens is 1. The van der Waals surface area contributed by atoms with Gasteiger partial charge in [0.1, 0.15) is 0 Å². The first-order valence-corrected chi connectivity index (χ1v) is 10.4. The van der Waals surface area contributed by atoms with E-state index in [9.17, 15) is 9.59 Å². The molecule has 21 heavy (non-hydrogen) atoms. The first-order chi connectivity index (χ1) is 10.2. The van der Waals surface area contributed by atoms with Crippen molar-refractivity contribution in [3.05, 3.63) is 33.4 Å². The SMILES string of the molecule is CC(=O)OI1c2ccccc2C(=O)N1CC1CCCCC1. The number of amides is 1. The molecule has 5 heteroatoms. The van der Waals surface area contributed by atoms with Gasteiger partial charge in [0.25, 0.3) is 0 Å². The van der Waals surface area contributed by atoms with Gasteiger partial charge in [-0.2, -0.15) is 0 Å². The van der Waals surface area contributed by atoms with Crippen LogP contribution in [0.2, 0.25) is 0 Å². The van der Waals surface area contributed by atoms with E-state index in [1.807, 2.05) is 27.4 Å². The molecule has 0 bridgehead atoms. The number of hydrogen-bond acceptors (Lipinski definition) is 3. The topological polar surface area (TPSA) is 46.6 Å². The zero-order valence-corrected chi connectivity index (χ0v) is 14.3. The number of carbonyl (C=O) groups is 2. The fourth-order valence-corrected chi connectivity index (χ4v) is 7.70. The molecule has 1 saturated carbocycles. The van der Waals surface area contributed by atoms with Gasteiger partial charge in [0.05, 0.1) is 0 Å². The predicted molar refractivity (Wildman–Crippen MR) is 88.5 cm³/mol. The second-order valence-electron chi connectivity index (χ2n) is 5.63. The standard InChI is InChI=1S/C16H20INO3/c1-12(19)21-17-15-10-6-5-9-14(15)16(20)18(17)11-13-7-3-2-4-8-13/h5-6,9-10,13H,2-4,7-8,11H2,1H3. The molecule has 2 aliphatic rings. The monoisotopic (exact) mass is 401 g/mol. The quantitative estimate of drug-likeness (QED) is 0.572. The van der Waals surface area contributed by atoms with E-state index in [1.54, 1.807) is 0 Å². The molecule has 0 N–H and O–H groups in total. The van der Waals surface area contributed by atoms with E-state index in [0.29, 0.717) is 5.92 Å². The number of benzene rings is 1. The second-order valence-corrected chi connectivity index (χ2v) is 9.72. The summed E-state index contributed by atoms with van der Waals surface area (Å²) < 4.78 is 8.45. The third-order valence-electron chi connectivity index (χ3n) is 4.01. The van der Waals surface area contributed by atoms with E-state index >= 15 is 0 Å². The summed E-state index contributed by atoms with van der Waals surface area (Å²) in [7, 11) is 0. The van der Waals surface area contributed by atoms with Gasteiger partial charge >= 0.3 is 133 Å². The van der Waals surface area contributed by atoms with E-state index in [1.165, 1.54) is 39.0 Å². The Hall–Kier alpha value is -1.11. The Labute approximate surface area is 133 Å². The molecule has 0 unspecified atom stereocenters. The summed E-state index contributed by atoms with van der Waals surface area (Å²) in [6, 6.07) is 7.60. The van der Waals surface area contributed by atoms with Crippen LogP contribution in [-0.4, -0.2) is 21.5 Å². The number of nitrogens with zero attached hydrogens (tertiary/aromatic N) is 1. The Kier molecular flexibility index (Phi) is 4.47. The number of carbonyl (C=O) groups excluding carboxylic acids is 2. The van der Waals surface area contributed by atoms with E-state index in [2.05, 4.69) is 0 Å². The third-order valence-corrected chi connectivity index (χ3v) is 8.87. The van der Waals surface area contributed by atoms with Gasteiger partial charge in [0.2, 0.25) is 0 Å². The van der Waals surface area contributed by atoms with Crippen molar-refractivity contribution in [3.8, 4) is 0 Å². The normalized spacial score (nSPS) is 20.5. The minimum absolute atomic E-state index is 0.0580.